The summed E-state index contributed by atoms with van der Waals surface area (Å²) in [4.78, 5) is 38.9. The summed E-state index contributed by atoms with van der Waals surface area (Å²) in [6, 6.07) is 2.92. The number of furan rings is 1. The van der Waals surface area contributed by atoms with Gasteiger partial charge in [0.05, 0.1) is 31.5 Å². The fourth-order valence-electron chi connectivity index (χ4n) is 7.95. The second kappa shape index (κ2) is 8.61. The molecule has 1 heterocycles. The number of hydrogen-bond donors (Lipinski definition) is 1. The smallest absolute Gasteiger partial charge is 0.375 e. The Balaban J connectivity index is 1.64. The normalized spacial score (nSPS) is 44.5. The molecule has 0 bridgehead atoms. The summed E-state index contributed by atoms with van der Waals surface area (Å²) in [6.45, 7) is 4.96. The maximum absolute atomic E-state index is 17.4. The SMILES string of the molecule is COSC(=O)[C@@]1(OC(=O)c2ccco2)[C@H](C)CC2C3C[C@H](F)C4=CC(=O)C=C[C@]4(C)[C@@]3(F)[C@@H](O)C[C@@]21C. The number of aliphatic hydroxyl groups is 1. The molecule has 0 amide bonds. The minimum Gasteiger partial charge on any atom is -0.457 e. The van der Waals surface area contributed by atoms with E-state index in [9.17, 15) is 19.5 Å². The summed E-state index contributed by atoms with van der Waals surface area (Å²) in [6.07, 6.45) is 1.54. The lowest BCUT2D eigenvalue weighted by atomic mass is 9.44. The van der Waals surface area contributed by atoms with Crippen LogP contribution < -0.4 is 0 Å². The number of ketones is 1. The molecule has 0 saturated heterocycles. The van der Waals surface area contributed by atoms with E-state index in [2.05, 4.69) is 0 Å². The van der Waals surface area contributed by atoms with Gasteiger partial charge < -0.3 is 18.4 Å². The molecule has 0 aromatic carbocycles. The molecular formula is C27H30F2O7S. The van der Waals surface area contributed by atoms with Crippen molar-refractivity contribution >= 4 is 28.9 Å². The molecule has 1 aromatic heterocycles. The molecule has 200 valence electrons. The van der Waals surface area contributed by atoms with Gasteiger partial charge in [-0.1, -0.05) is 19.9 Å². The summed E-state index contributed by atoms with van der Waals surface area (Å²) in [7, 11) is 1.31. The Morgan fingerprint density at radius 1 is 1.24 bits per heavy atom. The van der Waals surface area contributed by atoms with E-state index in [0.29, 0.717) is 12.0 Å². The number of halogens is 2. The van der Waals surface area contributed by atoms with E-state index >= 15 is 8.78 Å². The number of carbonyl (C=O) groups is 3. The average molecular weight is 537 g/mol. The van der Waals surface area contributed by atoms with Crippen LogP contribution in [-0.2, 0) is 18.5 Å². The van der Waals surface area contributed by atoms with Crippen molar-refractivity contribution in [3.8, 4) is 0 Å². The zero-order valence-electron chi connectivity index (χ0n) is 21.0. The lowest BCUT2D eigenvalue weighted by Gasteiger charge is -2.63. The van der Waals surface area contributed by atoms with Crippen LogP contribution >= 0.6 is 12.0 Å². The van der Waals surface area contributed by atoms with E-state index in [1.165, 1.54) is 44.6 Å². The van der Waals surface area contributed by atoms with E-state index in [-0.39, 0.29) is 30.6 Å². The Labute approximate surface area is 217 Å². The van der Waals surface area contributed by atoms with Gasteiger partial charge in [0, 0.05) is 22.7 Å². The van der Waals surface area contributed by atoms with Crippen LogP contribution in [-0.4, -0.2) is 52.6 Å². The highest BCUT2D eigenvalue weighted by molar-refractivity contribution is 8.09. The summed E-state index contributed by atoms with van der Waals surface area (Å²) in [5, 5.41) is 10.9. The van der Waals surface area contributed by atoms with Crippen LogP contribution in [0.4, 0.5) is 8.78 Å². The van der Waals surface area contributed by atoms with Crippen LogP contribution in [0.1, 0.15) is 50.6 Å². The monoisotopic (exact) mass is 536 g/mol. The first kappa shape index (κ1) is 26.3. The first-order valence-corrected chi connectivity index (χ1v) is 13.1. The lowest BCUT2D eigenvalue weighted by molar-refractivity contribution is -0.221. The van der Waals surface area contributed by atoms with Gasteiger partial charge in [0.15, 0.2) is 17.1 Å². The van der Waals surface area contributed by atoms with Crippen LogP contribution in [0.25, 0.3) is 0 Å². The number of hydrogen-bond acceptors (Lipinski definition) is 8. The summed E-state index contributed by atoms with van der Waals surface area (Å²) in [5.74, 6) is -3.63. The van der Waals surface area contributed by atoms with Gasteiger partial charge in [0.1, 0.15) is 6.17 Å². The molecule has 0 aliphatic heterocycles. The van der Waals surface area contributed by atoms with Gasteiger partial charge >= 0.3 is 5.97 Å². The number of aliphatic hydroxyl groups excluding tert-OH is 1. The number of rotatable bonds is 4. The first-order valence-electron chi connectivity index (χ1n) is 12.3. The standard InChI is InChI=1S/C27H30F2O7S/c1-14-10-16-17-12-19(28)18-11-15(30)7-8-24(18,2)26(17,29)21(31)13-25(16,3)27(14,23(33)37-34-4)36-22(32)20-6-5-9-35-20/h5-9,11,14,16-17,19,21,31H,10,12-13H2,1-4H3/t14-,16?,17?,19+,21+,24+,25+,26+,27+/m1/s1. The molecule has 1 aromatic rings. The molecule has 5 rings (SSSR count). The highest BCUT2D eigenvalue weighted by atomic mass is 32.2. The third-order valence-corrected chi connectivity index (χ3v) is 10.2. The van der Waals surface area contributed by atoms with E-state index in [1.54, 1.807) is 13.8 Å². The van der Waals surface area contributed by atoms with Gasteiger partial charge in [0.2, 0.25) is 5.76 Å². The van der Waals surface area contributed by atoms with Crippen molar-refractivity contribution in [1.29, 1.82) is 0 Å². The molecule has 3 fully saturated rings. The highest BCUT2D eigenvalue weighted by Crippen LogP contribution is 2.72. The summed E-state index contributed by atoms with van der Waals surface area (Å²) < 4.78 is 49.3. The van der Waals surface area contributed by atoms with Crippen molar-refractivity contribution in [1.82, 2.24) is 0 Å². The van der Waals surface area contributed by atoms with Gasteiger partial charge in [0.25, 0.3) is 5.12 Å². The number of alkyl halides is 2. The van der Waals surface area contributed by atoms with Crippen molar-refractivity contribution < 1.29 is 41.6 Å². The molecule has 0 radical (unpaired) electrons. The minimum atomic E-state index is -2.30. The zero-order valence-corrected chi connectivity index (χ0v) is 21.8. The van der Waals surface area contributed by atoms with Gasteiger partial charge in [-0.2, -0.15) is 0 Å². The average Bonchev–Trinajstić information content (AvgIpc) is 3.45. The molecule has 1 N–H and O–H groups in total. The van der Waals surface area contributed by atoms with Crippen molar-refractivity contribution in [2.24, 2.45) is 28.6 Å². The number of ether oxygens (including phenoxy) is 1. The highest BCUT2D eigenvalue weighted by Gasteiger charge is 2.78. The third kappa shape index (κ3) is 3.27. The summed E-state index contributed by atoms with van der Waals surface area (Å²) >= 11 is 0.519. The first-order chi connectivity index (χ1) is 17.4. The Morgan fingerprint density at radius 2 is 1.97 bits per heavy atom. The Kier molecular flexibility index (Phi) is 6.12. The molecule has 4 aliphatic rings. The zero-order chi connectivity index (χ0) is 27.0. The number of esters is 1. The Bertz CT molecular complexity index is 1200. The second-order valence-corrected chi connectivity index (χ2v) is 12.0. The largest absolute Gasteiger partial charge is 0.457 e. The maximum Gasteiger partial charge on any atom is 0.375 e. The number of carbonyl (C=O) groups excluding carboxylic acids is 3. The van der Waals surface area contributed by atoms with Crippen molar-refractivity contribution in [3.05, 3.63) is 48.0 Å². The molecule has 2 unspecified atom stereocenters. The molecule has 4 aliphatic carbocycles. The fraction of sp³-hybridized carbons (Fsp3) is 0.593. The maximum atomic E-state index is 17.4. The quantitative estimate of drug-likeness (QED) is 0.441. The predicted octanol–water partition coefficient (Wildman–Crippen LogP) is 4.56. The van der Waals surface area contributed by atoms with Crippen molar-refractivity contribution in [3.63, 3.8) is 0 Å². The van der Waals surface area contributed by atoms with E-state index in [0.717, 1.165) is 6.08 Å². The van der Waals surface area contributed by atoms with Crippen LogP contribution in [0.2, 0.25) is 0 Å². The molecule has 3 saturated carbocycles. The molecule has 9 atom stereocenters. The summed E-state index contributed by atoms with van der Waals surface area (Å²) in [5.41, 5.74) is -6.88. The van der Waals surface area contributed by atoms with E-state index < -0.39 is 69.0 Å². The van der Waals surface area contributed by atoms with E-state index in [1.807, 2.05) is 0 Å². The molecule has 0 spiro atoms. The molecule has 37 heavy (non-hydrogen) atoms. The van der Waals surface area contributed by atoms with Gasteiger partial charge in [-0.3, -0.25) is 9.59 Å². The minimum absolute atomic E-state index is 0.0222. The third-order valence-electron chi connectivity index (χ3n) is 9.61. The van der Waals surface area contributed by atoms with Gasteiger partial charge in [-0.25, -0.2) is 13.6 Å². The molecule has 10 heteroatoms. The molecule has 7 nitrogen and oxygen atoms in total. The van der Waals surface area contributed by atoms with Crippen LogP contribution in [0.3, 0.4) is 0 Å². The number of allylic oxidation sites excluding steroid dienone is 4. The van der Waals surface area contributed by atoms with Crippen LogP contribution in [0, 0.1) is 28.6 Å². The van der Waals surface area contributed by atoms with Crippen molar-refractivity contribution in [2.75, 3.05) is 7.11 Å². The van der Waals surface area contributed by atoms with Gasteiger partial charge in [-0.05, 0) is 62.0 Å². The van der Waals surface area contributed by atoms with E-state index in [4.69, 9.17) is 13.3 Å². The number of fused-ring (bicyclic) bond motifs is 5. The van der Waals surface area contributed by atoms with Crippen LogP contribution in [0.15, 0.2) is 46.6 Å². The topological polar surface area (TPSA) is 103 Å². The second-order valence-electron chi connectivity index (χ2n) is 11.1. The molecular weight excluding hydrogens is 506 g/mol. The fourth-order valence-corrected chi connectivity index (χ4v) is 8.70. The van der Waals surface area contributed by atoms with Crippen LogP contribution in [0.5, 0.6) is 0 Å². The van der Waals surface area contributed by atoms with Crippen molar-refractivity contribution in [2.45, 2.75) is 63.6 Å². The Morgan fingerprint density at radius 3 is 2.62 bits per heavy atom. The van der Waals surface area contributed by atoms with Gasteiger partial charge in [-0.15, -0.1) is 0 Å². The predicted molar refractivity (Wildman–Crippen MR) is 130 cm³/mol. The Hall–Kier alpha value is -2.30. The lowest BCUT2D eigenvalue weighted by Crippen LogP contribution is -2.70.